The van der Waals surface area contributed by atoms with Crippen molar-refractivity contribution in [1.82, 2.24) is 25.3 Å². The van der Waals surface area contributed by atoms with Crippen LogP contribution < -0.4 is 20.3 Å². The number of ether oxygens (including phenoxy) is 1. The summed E-state index contributed by atoms with van der Waals surface area (Å²) >= 11 is 0. The summed E-state index contributed by atoms with van der Waals surface area (Å²) in [6.07, 6.45) is 2.67. The highest BCUT2D eigenvalue weighted by Crippen LogP contribution is 2.34. The van der Waals surface area contributed by atoms with E-state index < -0.39 is 12.1 Å². The van der Waals surface area contributed by atoms with Crippen LogP contribution in [0.15, 0.2) is 48.9 Å². The molecule has 0 bridgehead atoms. The van der Waals surface area contributed by atoms with Crippen LogP contribution in [0.5, 0.6) is 5.75 Å². The molecule has 0 unspecified atom stereocenters. The van der Waals surface area contributed by atoms with E-state index in [2.05, 4.69) is 35.2 Å². The predicted molar refractivity (Wildman–Crippen MR) is 121 cm³/mol. The molecule has 2 saturated heterocycles. The second-order valence-corrected chi connectivity index (χ2v) is 8.54. The number of nitrogens with zero attached hydrogens (tertiary/aromatic N) is 5. The van der Waals surface area contributed by atoms with Gasteiger partial charge in [0, 0.05) is 61.3 Å². The highest BCUT2D eigenvalue weighted by molar-refractivity contribution is 5.79. The zero-order valence-corrected chi connectivity index (χ0v) is 18.5. The molecule has 2 aliphatic heterocycles. The number of hydrogen-bond donors (Lipinski definition) is 2. The van der Waals surface area contributed by atoms with Crippen LogP contribution in [0.1, 0.15) is 25.7 Å². The molecule has 182 valence electrons. The molecule has 0 radical (unpaired) electrons. The van der Waals surface area contributed by atoms with Crippen molar-refractivity contribution < 1.29 is 22.7 Å². The van der Waals surface area contributed by atoms with Gasteiger partial charge in [0.15, 0.2) is 5.82 Å². The quantitative estimate of drug-likeness (QED) is 0.562. The first-order valence-corrected chi connectivity index (χ1v) is 11.1. The number of nitrogens with one attached hydrogen (secondary N) is 2. The summed E-state index contributed by atoms with van der Waals surface area (Å²) in [7, 11) is 0. The van der Waals surface area contributed by atoms with E-state index in [4.69, 9.17) is 4.98 Å². The van der Waals surface area contributed by atoms with Crippen molar-refractivity contribution >= 4 is 23.4 Å². The number of pyridine rings is 2. The third-order valence-corrected chi connectivity index (χ3v) is 6.13. The number of piperidine rings is 1. The Labute approximate surface area is 198 Å². The first kappa shape index (κ1) is 22.8. The minimum absolute atomic E-state index is 0.0927. The van der Waals surface area contributed by atoms with Gasteiger partial charge in [0.2, 0.25) is 5.91 Å². The summed E-state index contributed by atoms with van der Waals surface area (Å²) in [6.45, 7) is 1.38. The van der Waals surface area contributed by atoms with E-state index in [9.17, 15) is 18.0 Å². The van der Waals surface area contributed by atoms with E-state index in [0.29, 0.717) is 42.5 Å². The molecule has 0 saturated carbocycles. The summed E-state index contributed by atoms with van der Waals surface area (Å²) in [5.74, 6) is 1.27. The molecule has 1 amide bonds. The van der Waals surface area contributed by atoms with Gasteiger partial charge in [0.1, 0.15) is 23.2 Å². The van der Waals surface area contributed by atoms with Gasteiger partial charge in [-0.25, -0.2) is 15.0 Å². The topological polar surface area (TPSA) is 105 Å². The summed E-state index contributed by atoms with van der Waals surface area (Å²) in [6, 6.07) is 7.59. The molecule has 2 aliphatic rings. The lowest BCUT2D eigenvalue weighted by Crippen LogP contribution is -2.51. The Morgan fingerprint density at radius 2 is 1.89 bits per heavy atom. The Hall–Kier alpha value is -3.96. The lowest BCUT2D eigenvalue weighted by molar-refractivity contribution is -0.274. The van der Waals surface area contributed by atoms with Crippen LogP contribution in [0.25, 0.3) is 11.4 Å². The molecule has 0 atom stereocenters. The summed E-state index contributed by atoms with van der Waals surface area (Å²) in [4.78, 5) is 31.3. The number of rotatable bonds is 5. The summed E-state index contributed by atoms with van der Waals surface area (Å²) in [5.41, 5.74) is 0.535. The van der Waals surface area contributed by atoms with Crippen molar-refractivity contribution in [2.45, 2.75) is 37.6 Å². The number of aromatic nitrogens is 4. The molecule has 0 aliphatic carbocycles. The Morgan fingerprint density at radius 1 is 1.06 bits per heavy atom. The molecule has 12 heteroatoms. The maximum Gasteiger partial charge on any atom is 0.573 e. The van der Waals surface area contributed by atoms with Crippen molar-refractivity contribution in [3.8, 4) is 17.1 Å². The van der Waals surface area contributed by atoms with Crippen molar-refractivity contribution in [3.05, 3.63) is 48.9 Å². The number of carbonyl (C=O) groups is 1. The van der Waals surface area contributed by atoms with Crippen LogP contribution in [-0.2, 0) is 4.79 Å². The second-order valence-electron chi connectivity index (χ2n) is 8.54. The van der Waals surface area contributed by atoms with E-state index in [1.54, 1.807) is 24.5 Å². The standard InChI is InChI=1S/C23H22F3N7O2/c24-23(25,26)35-16-4-9-28-17(12-16)29-18-13-19(31-21(30-18)15-2-1-8-27-14-15)33-10-6-22(7-11-33)5-3-20(34)32-22/h1-2,4,8-9,12-14H,3,5-7,10-11H2,(H,32,34)(H,28,29,30,31). The van der Waals surface area contributed by atoms with Crippen LogP contribution >= 0.6 is 0 Å². The van der Waals surface area contributed by atoms with Gasteiger partial charge in [-0.2, -0.15) is 0 Å². The molecule has 2 fully saturated rings. The second kappa shape index (κ2) is 9.01. The Balaban J connectivity index is 1.42. The molecule has 1 spiro atoms. The SMILES string of the molecule is O=C1CCC2(CCN(c3cc(Nc4cc(OC(F)(F)F)ccn4)nc(-c4cccnc4)n3)CC2)N1. The van der Waals surface area contributed by atoms with Gasteiger partial charge in [0.05, 0.1) is 0 Å². The molecule has 9 nitrogen and oxygen atoms in total. The van der Waals surface area contributed by atoms with E-state index in [1.807, 2.05) is 6.07 Å². The molecule has 3 aromatic heterocycles. The first-order chi connectivity index (χ1) is 16.8. The van der Waals surface area contributed by atoms with Crippen molar-refractivity contribution in [3.63, 3.8) is 0 Å². The monoisotopic (exact) mass is 485 g/mol. The fourth-order valence-electron chi connectivity index (χ4n) is 4.40. The Bertz CT molecular complexity index is 1220. The minimum Gasteiger partial charge on any atom is -0.406 e. The van der Waals surface area contributed by atoms with Crippen LogP contribution in [0.4, 0.5) is 30.6 Å². The van der Waals surface area contributed by atoms with E-state index in [1.165, 1.54) is 6.20 Å². The van der Waals surface area contributed by atoms with E-state index >= 15 is 0 Å². The highest BCUT2D eigenvalue weighted by atomic mass is 19.4. The normalized spacial score (nSPS) is 17.3. The average molecular weight is 485 g/mol. The number of amides is 1. The summed E-state index contributed by atoms with van der Waals surface area (Å²) < 4.78 is 41.8. The number of halogens is 3. The average Bonchev–Trinajstić information content (AvgIpc) is 3.18. The van der Waals surface area contributed by atoms with Gasteiger partial charge >= 0.3 is 6.36 Å². The summed E-state index contributed by atoms with van der Waals surface area (Å²) in [5, 5.41) is 6.09. The molecule has 5 heterocycles. The van der Waals surface area contributed by atoms with Gasteiger partial charge in [-0.3, -0.25) is 9.78 Å². The number of anilines is 3. The fraction of sp³-hybridized carbons (Fsp3) is 0.348. The van der Waals surface area contributed by atoms with Crippen molar-refractivity contribution in [2.24, 2.45) is 0 Å². The first-order valence-electron chi connectivity index (χ1n) is 11.1. The van der Waals surface area contributed by atoms with E-state index in [0.717, 1.165) is 31.4 Å². The maximum absolute atomic E-state index is 12.6. The predicted octanol–water partition coefficient (Wildman–Crippen LogP) is 3.82. The molecular weight excluding hydrogens is 463 g/mol. The zero-order valence-electron chi connectivity index (χ0n) is 18.5. The number of alkyl halides is 3. The van der Waals surface area contributed by atoms with Crippen molar-refractivity contribution in [1.29, 1.82) is 0 Å². The minimum atomic E-state index is -4.81. The van der Waals surface area contributed by atoms with Crippen LogP contribution in [-0.4, -0.2) is 50.8 Å². The largest absolute Gasteiger partial charge is 0.573 e. The molecule has 35 heavy (non-hydrogen) atoms. The Kier molecular flexibility index (Phi) is 5.87. The molecular formula is C23H22F3N7O2. The van der Waals surface area contributed by atoms with Crippen LogP contribution in [0.3, 0.4) is 0 Å². The third-order valence-electron chi connectivity index (χ3n) is 6.13. The van der Waals surface area contributed by atoms with Gasteiger partial charge in [0.25, 0.3) is 0 Å². The highest BCUT2D eigenvalue weighted by Gasteiger charge is 2.40. The van der Waals surface area contributed by atoms with Crippen LogP contribution in [0, 0.1) is 0 Å². The van der Waals surface area contributed by atoms with E-state index in [-0.39, 0.29) is 17.3 Å². The van der Waals surface area contributed by atoms with Gasteiger partial charge in [-0.15, -0.1) is 13.2 Å². The molecule has 2 N–H and O–H groups in total. The lowest BCUT2D eigenvalue weighted by atomic mass is 9.86. The fourth-order valence-corrected chi connectivity index (χ4v) is 4.40. The molecule has 3 aromatic rings. The number of carbonyl (C=O) groups excluding carboxylic acids is 1. The Morgan fingerprint density at radius 3 is 2.57 bits per heavy atom. The van der Waals surface area contributed by atoms with Gasteiger partial charge in [-0.1, -0.05) is 0 Å². The maximum atomic E-state index is 12.6. The molecule has 5 rings (SSSR count). The van der Waals surface area contributed by atoms with Gasteiger partial charge < -0.3 is 20.3 Å². The lowest BCUT2D eigenvalue weighted by Gasteiger charge is -2.39. The van der Waals surface area contributed by atoms with Crippen molar-refractivity contribution in [2.75, 3.05) is 23.3 Å². The smallest absolute Gasteiger partial charge is 0.406 e. The van der Waals surface area contributed by atoms with Gasteiger partial charge in [-0.05, 0) is 37.5 Å². The number of hydrogen-bond acceptors (Lipinski definition) is 8. The third kappa shape index (κ3) is 5.42. The molecule has 0 aromatic carbocycles. The van der Waals surface area contributed by atoms with Crippen LogP contribution in [0.2, 0.25) is 0 Å². The zero-order chi connectivity index (χ0) is 24.5.